The third-order valence-corrected chi connectivity index (χ3v) is 5.20. The fourth-order valence-corrected chi connectivity index (χ4v) is 3.62. The molecule has 0 spiro atoms. The summed E-state index contributed by atoms with van der Waals surface area (Å²) in [5.74, 6) is 0.720. The Labute approximate surface area is 155 Å². The van der Waals surface area contributed by atoms with Crippen LogP contribution >= 0.6 is 23.4 Å². The van der Waals surface area contributed by atoms with Crippen molar-refractivity contribution in [2.24, 2.45) is 0 Å². The van der Waals surface area contributed by atoms with Crippen LogP contribution in [0, 0.1) is 6.92 Å². The molecular formula is C19H19ClN2O2S. The number of ether oxygens (including phenoxy) is 1. The van der Waals surface area contributed by atoms with Crippen LogP contribution in [0.2, 0.25) is 5.02 Å². The highest BCUT2D eigenvalue weighted by Crippen LogP contribution is 2.26. The van der Waals surface area contributed by atoms with Crippen molar-refractivity contribution >= 4 is 34.3 Å². The summed E-state index contributed by atoms with van der Waals surface area (Å²) in [5.41, 5.74) is 2.22. The maximum absolute atomic E-state index is 13.1. The van der Waals surface area contributed by atoms with E-state index in [0.717, 1.165) is 17.0 Å². The van der Waals surface area contributed by atoms with Gasteiger partial charge in [-0.2, -0.15) is 0 Å². The van der Waals surface area contributed by atoms with E-state index >= 15 is 0 Å². The highest BCUT2D eigenvalue weighted by Gasteiger charge is 2.15. The number of benzene rings is 2. The van der Waals surface area contributed by atoms with Crippen LogP contribution in [0.1, 0.15) is 12.5 Å². The maximum Gasteiger partial charge on any atom is 0.266 e. The third-order valence-electron chi connectivity index (χ3n) is 3.89. The van der Waals surface area contributed by atoms with Crippen LogP contribution in [0.3, 0.4) is 0 Å². The van der Waals surface area contributed by atoms with Gasteiger partial charge in [0.1, 0.15) is 0 Å². The topological polar surface area (TPSA) is 44.1 Å². The van der Waals surface area contributed by atoms with Crippen LogP contribution in [0.15, 0.2) is 52.4 Å². The van der Waals surface area contributed by atoms with Crippen molar-refractivity contribution in [1.82, 2.24) is 9.55 Å². The fraction of sp³-hybridized carbons (Fsp3) is 0.263. The summed E-state index contributed by atoms with van der Waals surface area (Å²) in [7, 11) is 0. The summed E-state index contributed by atoms with van der Waals surface area (Å²) in [6.45, 7) is 5.16. The van der Waals surface area contributed by atoms with Gasteiger partial charge in [-0.05, 0) is 43.7 Å². The third kappa shape index (κ3) is 3.73. The molecular weight excluding hydrogens is 356 g/mol. The number of rotatable bonds is 6. The Hall–Kier alpha value is -1.82. The lowest BCUT2D eigenvalue weighted by atomic mass is 10.2. The number of fused-ring (bicyclic) bond motifs is 1. The highest BCUT2D eigenvalue weighted by molar-refractivity contribution is 7.99. The van der Waals surface area contributed by atoms with Crippen molar-refractivity contribution < 1.29 is 4.74 Å². The molecule has 3 aromatic rings. The quantitative estimate of drug-likeness (QED) is 0.362. The lowest BCUT2D eigenvalue weighted by Gasteiger charge is -2.15. The van der Waals surface area contributed by atoms with Gasteiger partial charge in [0.25, 0.3) is 5.56 Å². The molecule has 0 aliphatic carbocycles. The van der Waals surface area contributed by atoms with E-state index in [2.05, 4.69) is 0 Å². The van der Waals surface area contributed by atoms with Gasteiger partial charge < -0.3 is 4.74 Å². The molecule has 0 bridgehead atoms. The second-order valence-corrected chi connectivity index (χ2v) is 6.95. The smallest absolute Gasteiger partial charge is 0.266 e. The Morgan fingerprint density at radius 3 is 2.80 bits per heavy atom. The van der Waals surface area contributed by atoms with Gasteiger partial charge >= 0.3 is 0 Å². The number of aromatic nitrogens is 2. The van der Waals surface area contributed by atoms with E-state index in [9.17, 15) is 4.79 Å². The van der Waals surface area contributed by atoms with E-state index in [1.165, 1.54) is 11.8 Å². The van der Waals surface area contributed by atoms with Crippen LogP contribution in [-0.4, -0.2) is 28.5 Å². The van der Waals surface area contributed by atoms with Crippen molar-refractivity contribution in [3.8, 4) is 5.69 Å². The van der Waals surface area contributed by atoms with Crippen molar-refractivity contribution in [3.05, 3.63) is 63.4 Å². The molecule has 2 aromatic carbocycles. The first-order valence-corrected chi connectivity index (χ1v) is 9.47. The Morgan fingerprint density at radius 2 is 2.00 bits per heavy atom. The monoisotopic (exact) mass is 374 g/mol. The number of nitrogens with zero attached hydrogens (tertiary/aromatic N) is 2. The second-order valence-electron chi connectivity index (χ2n) is 5.48. The molecule has 0 saturated carbocycles. The summed E-state index contributed by atoms with van der Waals surface area (Å²) >= 11 is 7.78. The maximum atomic E-state index is 13.1. The van der Waals surface area contributed by atoms with Gasteiger partial charge in [0, 0.05) is 17.4 Å². The van der Waals surface area contributed by atoms with Crippen molar-refractivity contribution in [3.63, 3.8) is 0 Å². The lowest BCUT2D eigenvalue weighted by Crippen LogP contribution is -2.22. The Kier molecular flexibility index (Phi) is 5.78. The van der Waals surface area contributed by atoms with E-state index in [1.807, 2.05) is 50.2 Å². The zero-order valence-electron chi connectivity index (χ0n) is 14.2. The van der Waals surface area contributed by atoms with Gasteiger partial charge in [0.05, 0.1) is 23.2 Å². The standard InChI is InChI=1S/C19H19ClN2O2S/c1-3-24-11-12-25-19-21-16-9-5-4-7-14(16)18(23)22(19)17-10-6-8-15(20)13(17)2/h4-10H,3,11-12H2,1-2H3. The molecule has 0 aliphatic rings. The Bertz CT molecular complexity index is 956. The zero-order chi connectivity index (χ0) is 17.8. The average molecular weight is 375 g/mol. The van der Waals surface area contributed by atoms with E-state index in [4.69, 9.17) is 21.3 Å². The molecule has 130 valence electrons. The van der Waals surface area contributed by atoms with Gasteiger partial charge in [-0.15, -0.1) is 0 Å². The van der Waals surface area contributed by atoms with Gasteiger partial charge in [0.15, 0.2) is 5.16 Å². The average Bonchev–Trinajstić information content (AvgIpc) is 2.62. The summed E-state index contributed by atoms with van der Waals surface area (Å²) in [4.78, 5) is 17.8. The van der Waals surface area contributed by atoms with Crippen molar-refractivity contribution in [1.29, 1.82) is 0 Å². The molecule has 0 atom stereocenters. The number of thioether (sulfide) groups is 1. The minimum atomic E-state index is -0.0881. The van der Waals surface area contributed by atoms with Crippen molar-refractivity contribution in [2.75, 3.05) is 19.0 Å². The van der Waals surface area contributed by atoms with Crippen LogP contribution in [0.5, 0.6) is 0 Å². The summed E-state index contributed by atoms with van der Waals surface area (Å²) < 4.78 is 7.06. The molecule has 1 aromatic heterocycles. The molecule has 0 N–H and O–H groups in total. The number of hydrogen-bond donors (Lipinski definition) is 0. The van der Waals surface area contributed by atoms with Crippen LogP contribution in [0.25, 0.3) is 16.6 Å². The molecule has 0 unspecified atom stereocenters. The summed E-state index contributed by atoms with van der Waals surface area (Å²) in [6.07, 6.45) is 0. The first-order chi connectivity index (χ1) is 12.1. The molecule has 0 fully saturated rings. The SMILES string of the molecule is CCOCCSc1nc2ccccc2c(=O)n1-c1cccc(Cl)c1C. The molecule has 0 amide bonds. The fourth-order valence-electron chi connectivity index (χ4n) is 2.60. The lowest BCUT2D eigenvalue weighted by molar-refractivity contribution is 0.164. The van der Waals surface area contributed by atoms with Crippen LogP contribution in [0.4, 0.5) is 0 Å². The molecule has 6 heteroatoms. The van der Waals surface area contributed by atoms with E-state index in [1.54, 1.807) is 10.6 Å². The van der Waals surface area contributed by atoms with Gasteiger partial charge in [-0.25, -0.2) is 4.98 Å². The van der Waals surface area contributed by atoms with E-state index in [0.29, 0.717) is 34.3 Å². The highest BCUT2D eigenvalue weighted by atomic mass is 35.5. The minimum absolute atomic E-state index is 0.0881. The molecule has 4 nitrogen and oxygen atoms in total. The molecule has 3 rings (SSSR count). The largest absolute Gasteiger partial charge is 0.381 e. The summed E-state index contributed by atoms with van der Waals surface area (Å²) in [5, 5.41) is 1.87. The van der Waals surface area contributed by atoms with Gasteiger partial charge in [-0.1, -0.05) is 41.6 Å². The number of halogens is 1. The Morgan fingerprint density at radius 1 is 1.20 bits per heavy atom. The first-order valence-electron chi connectivity index (χ1n) is 8.11. The second kappa shape index (κ2) is 8.04. The van der Waals surface area contributed by atoms with Gasteiger partial charge in [-0.3, -0.25) is 9.36 Å². The van der Waals surface area contributed by atoms with E-state index in [-0.39, 0.29) is 5.56 Å². The molecule has 0 aliphatic heterocycles. The molecule has 0 saturated heterocycles. The Balaban J connectivity index is 2.18. The summed E-state index contributed by atoms with van der Waals surface area (Å²) in [6, 6.07) is 13.0. The number of hydrogen-bond acceptors (Lipinski definition) is 4. The molecule has 1 heterocycles. The molecule has 0 radical (unpaired) electrons. The zero-order valence-corrected chi connectivity index (χ0v) is 15.7. The normalized spacial score (nSPS) is 11.2. The first kappa shape index (κ1) is 18.0. The van der Waals surface area contributed by atoms with Crippen molar-refractivity contribution in [2.45, 2.75) is 19.0 Å². The van der Waals surface area contributed by atoms with E-state index < -0.39 is 0 Å². The van der Waals surface area contributed by atoms with Crippen LogP contribution < -0.4 is 5.56 Å². The predicted molar refractivity (Wildman–Crippen MR) is 104 cm³/mol. The van der Waals surface area contributed by atoms with Crippen LogP contribution in [-0.2, 0) is 4.74 Å². The predicted octanol–water partition coefficient (Wildman–Crippen LogP) is 4.48. The molecule has 25 heavy (non-hydrogen) atoms. The minimum Gasteiger partial charge on any atom is -0.381 e. The van der Waals surface area contributed by atoms with Gasteiger partial charge in [0.2, 0.25) is 0 Å². The number of para-hydroxylation sites is 1.